The lowest BCUT2D eigenvalue weighted by Crippen LogP contribution is -2.30. The third kappa shape index (κ3) is 4.22. The van der Waals surface area contributed by atoms with Gasteiger partial charge in [-0.15, -0.1) is 0 Å². The summed E-state index contributed by atoms with van der Waals surface area (Å²) in [7, 11) is 0. The van der Waals surface area contributed by atoms with Gasteiger partial charge in [0.1, 0.15) is 11.6 Å². The first-order chi connectivity index (χ1) is 9.31. The van der Waals surface area contributed by atoms with Gasteiger partial charge in [-0.1, -0.05) is 20.3 Å². The summed E-state index contributed by atoms with van der Waals surface area (Å²) < 4.78 is 38.3. The minimum atomic E-state index is -4.60. The Kier molecular flexibility index (Phi) is 5.55. The molecule has 0 spiro atoms. The van der Waals surface area contributed by atoms with E-state index in [4.69, 9.17) is 5.84 Å². The summed E-state index contributed by atoms with van der Waals surface area (Å²) in [5, 5.41) is 0. The third-order valence-corrected chi connectivity index (χ3v) is 3.05. The molecule has 0 aliphatic rings. The number of aromatic nitrogens is 2. The first-order valence-corrected chi connectivity index (χ1v) is 6.49. The number of rotatable bonds is 6. The van der Waals surface area contributed by atoms with Gasteiger partial charge in [0.05, 0.1) is 0 Å². The molecule has 0 amide bonds. The van der Waals surface area contributed by atoms with E-state index in [9.17, 15) is 13.2 Å². The van der Waals surface area contributed by atoms with Gasteiger partial charge >= 0.3 is 6.18 Å². The summed E-state index contributed by atoms with van der Waals surface area (Å²) in [6, 6.07) is 1.42. The zero-order chi connectivity index (χ0) is 15.3. The molecule has 20 heavy (non-hydrogen) atoms. The van der Waals surface area contributed by atoms with Crippen molar-refractivity contribution in [2.75, 3.05) is 23.4 Å². The highest BCUT2D eigenvalue weighted by Gasteiger charge is 2.35. The van der Waals surface area contributed by atoms with Crippen molar-refractivity contribution < 1.29 is 13.2 Å². The molecule has 0 saturated heterocycles. The highest BCUT2D eigenvalue weighted by Crippen LogP contribution is 2.29. The Morgan fingerprint density at radius 2 is 2.00 bits per heavy atom. The van der Waals surface area contributed by atoms with Crippen LogP contribution in [0.25, 0.3) is 0 Å². The molecule has 114 valence electrons. The van der Waals surface area contributed by atoms with Crippen LogP contribution in [0.15, 0.2) is 6.07 Å². The van der Waals surface area contributed by atoms with E-state index in [0.29, 0.717) is 19.0 Å². The van der Waals surface area contributed by atoms with E-state index in [1.54, 1.807) is 4.90 Å². The number of nitrogens with one attached hydrogen (secondary N) is 1. The highest BCUT2D eigenvalue weighted by molar-refractivity contribution is 5.49. The van der Waals surface area contributed by atoms with Crippen LogP contribution in [0.3, 0.4) is 0 Å². The Labute approximate surface area is 116 Å². The van der Waals surface area contributed by atoms with Crippen molar-refractivity contribution >= 4 is 11.6 Å². The molecule has 0 aromatic carbocycles. The molecule has 1 unspecified atom stereocenters. The number of halogens is 3. The normalized spacial score (nSPS) is 13.2. The molecular formula is C12H20F3N5. The van der Waals surface area contributed by atoms with Crippen LogP contribution in [0.1, 0.15) is 33.0 Å². The Bertz CT molecular complexity index is 436. The third-order valence-electron chi connectivity index (χ3n) is 3.05. The second-order valence-corrected chi connectivity index (χ2v) is 4.63. The van der Waals surface area contributed by atoms with E-state index in [0.717, 1.165) is 6.42 Å². The molecule has 1 rings (SSSR count). The van der Waals surface area contributed by atoms with Crippen LogP contribution in [0.4, 0.5) is 24.8 Å². The topological polar surface area (TPSA) is 67.1 Å². The average molecular weight is 291 g/mol. The van der Waals surface area contributed by atoms with Crippen LogP contribution in [-0.4, -0.2) is 23.1 Å². The lowest BCUT2D eigenvalue weighted by Gasteiger charge is -2.25. The van der Waals surface area contributed by atoms with Crippen LogP contribution < -0.4 is 16.2 Å². The molecule has 3 N–H and O–H groups in total. The van der Waals surface area contributed by atoms with E-state index in [2.05, 4.69) is 15.4 Å². The minimum absolute atomic E-state index is 0.0510. The smallest absolute Gasteiger partial charge is 0.356 e. The molecule has 8 heteroatoms. The summed E-state index contributed by atoms with van der Waals surface area (Å²) in [5.41, 5.74) is 2.15. The van der Waals surface area contributed by atoms with Crippen LogP contribution in [0, 0.1) is 5.92 Å². The van der Waals surface area contributed by atoms with Crippen molar-refractivity contribution in [3.63, 3.8) is 0 Å². The van der Waals surface area contributed by atoms with E-state index >= 15 is 0 Å². The van der Waals surface area contributed by atoms with Crippen molar-refractivity contribution in [1.82, 2.24) is 9.97 Å². The largest absolute Gasteiger partial charge is 0.451 e. The van der Waals surface area contributed by atoms with Crippen LogP contribution in [0.2, 0.25) is 0 Å². The van der Waals surface area contributed by atoms with Gasteiger partial charge in [-0.25, -0.2) is 15.8 Å². The van der Waals surface area contributed by atoms with Crippen molar-refractivity contribution in [2.24, 2.45) is 11.8 Å². The molecule has 0 aliphatic carbocycles. The molecule has 0 fully saturated rings. The predicted molar refractivity (Wildman–Crippen MR) is 72.2 cm³/mol. The van der Waals surface area contributed by atoms with Crippen molar-refractivity contribution in [2.45, 2.75) is 33.4 Å². The lowest BCUT2D eigenvalue weighted by molar-refractivity contribution is -0.144. The van der Waals surface area contributed by atoms with Crippen LogP contribution >= 0.6 is 0 Å². The van der Waals surface area contributed by atoms with Crippen molar-refractivity contribution in [3.8, 4) is 0 Å². The maximum Gasteiger partial charge on any atom is 0.451 e. The number of nitrogens with zero attached hydrogens (tertiary/aromatic N) is 3. The Balaban J connectivity index is 3.14. The number of anilines is 2. The zero-order valence-electron chi connectivity index (χ0n) is 11.8. The fourth-order valence-corrected chi connectivity index (χ4v) is 1.69. The van der Waals surface area contributed by atoms with Gasteiger partial charge in [0.15, 0.2) is 0 Å². The quantitative estimate of drug-likeness (QED) is 0.623. The highest BCUT2D eigenvalue weighted by atomic mass is 19.4. The second-order valence-electron chi connectivity index (χ2n) is 4.63. The maximum absolute atomic E-state index is 12.8. The van der Waals surface area contributed by atoms with Gasteiger partial charge in [0, 0.05) is 19.2 Å². The van der Waals surface area contributed by atoms with E-state index in [1.807, 2.05) is 20.8 Å². The summed E-state index contributed by atoms with van der Waals surface area (Å²) >= 11 is 0. The van der Waals surface area contributed by atoms with Gasteiger partial charge < -0.3 is 10.3 Å². The number of nitrogens with two attached hydrogens (primary N) is 1. The second kappa shape index (κ2) is 6.74. The molecule has 0 saturated carbocycles. The molecule has 1 atom stereocenters. The van der Waals surface area contributed by atoms with E-state index < -0.39 is 12.0 Å². The molecule has 0 aliphatic heterocycles. The number of nitrogen functional groups attached to an aromatic ring is 1. The Hall–Kier alpha value is -1.57. The SMILES string of the molecule is CCC(C)CN(CC)c1cc(NN)nc(C(F)(F)F)n1. The summed E-state index contributed by atoms with van der Waals surface area (Å²) in [4.78, 5) is 8.73. The van der Waals surface area contributed by atoms with Gasteiger partial charge in [0.25, 0.3) is 0 Å². The zero-order valence-corrected chi connectivity index (χ0v) is 11.8. The standard InChI is InChI=1S/C12H20F3N5/c1-4-8(3)7-20(5-2)10-6-9(19-16)17-11(18-10)12(13,14)15/h6,8H,4-5,7,16H2,1-3H3,(H,17,18,19). The summed E-state index contributed by atoms with van der Waals surface area (Å²) in [5.74, 6) is 4.51. The fourth-order valence-electron chi connectivity index (χ4n) is 1.69. The number of hydrogen-bond donors (Lipinski definition) is 2. The summed E-state index contributed by atoms with van der Waals surface area (Å²) in [6.45, 7) is 7.13. The number of hydrazine groups is 1. The van der Waals surface area contributed by atoms with Gasteiger partial charge in [-0.3, -0.25) is 0 Å². The Morgan fingerprint density at radius 3 is 2.45 bits per heavy atom. The maximum atomic E-state index is 12.8. The average Bonchev–Trinajstić information content (AvgIpc) is 2.42. The van der Waals surface area contributed by atoms with Gasteiger partial charge in [-0.2, -0.15) is 13.2 Å². The van der Waals surface area contributed by atoms with Gasteiger partial charge in [0.2, 0.25) is 5.82 Å². The molecule has 1 aromatic rings. The summed E-state index contributed by atoms with van der Waals surface area (Å²) in [6.07, 6.45) is -3.66. The molecule has 5 nitrogen and oxygen atoms in total. The first-order valence-electron chi connectivity index (χ1n) is 6.49. The van der Waals surface area contributed by atoms with Crippen LogP contribution in [0.5, 0.6) is 0 Å². The van der Waals surface area contributed by atoms with Crippen molar-refractivity contribution in [3.05, 3.63) is 11.9 Å². The Morgan fingerprint density at radius 1 is 1.35 bits per heavy atom. The van der Waals surface area contributed by atoms with E-state index in [1.165, 1.54) is 6.07 Å². The van der Waals surface area contributed by atoms with Gasteiger partial charge in [-0.05, 0) is 12.8 Å². The number of alkyl halides is 3. The predicted octanol–water partition coefficient (Wildman–Crippen LogP) is 2.65. The molecule has 1 aromatic heterocycles. The minimum Gasteiger partial charge on any atom is -0.356 e. The molecule has 0 radical (unpaired) electrons. The van der Waals surface area contributed by atoms with Crippen LogP contribution in [-0.2, 0) is 6.18 Å². The molecule has 0 bridgehead atoms. The fraction of sp³-hybridized carbons (Fsp3) is 0.667. The van der Waals surface area contributed by atoms with E-state index in [-0.39, 0.29) is 11.6 Å². The number of hydrogen-bond acceptors (Lipinski definition) is 5. The monoisotopic (exact) mass is 291 g/mol. The molecule has 1 heterocycles. The first kappa shape index (κ1) is 16.5. The van der Waals surface area contributed by atoms with Crippen molar-refractivity contribution in [1.29, 1.82) is 0 Å². The molecular weight excluding hydrogens is 271 g/mol. The lowest BCUT2D eigenvalue weighted by atomic mass is 10.1.